The highest BCUT2D eigenvalue weighted by Gasteiger charge is 2.20. The molecule has 0 bridgehead atoms. The van der Waals surface area contributed by atoms with E-state index in [9.17, 15) is 13.6 Å². The number of alkyl halides is 2. The van der Waals surface area contributed by atoms with Crippen LogP contribution in [0.25, 0.3) is 11.0 Å². The summed E-state index contributed by atoms with van der Waals surface area (Å²) in [5.41, 5.74) is 1.28. The third kappa shape index (κ3) is 4.72. The van der Waals surface area contributed by atoms with Crippen molar-refractivity contribution in [3.8, 4) is 0 Å². The Morgan fingerprint density at radius 3 is 2.81 bits per heavy atom. The second-order valence-electron chi connectivity index (χ2n) is 6.15. The van der Waals surface area contributed by atoms with E-state index in [4.69, 9.17) is 4.74 Å². The lowest BCUT2D eigenvalue weighted by molar-refractivity contribution is -0.122. The summed E-state index contributed by atoms with van der Waals surface area (Å²) in [6.07, 6.45) is 0. The molecule has 1 N–H and O–H groups in total. The van der Waals surface area contributed by atoms with Gasteiger partial charge in [0.15, 0.2) is 5.16 Å². The number of ether oxygens (including phenoxy) is 1. The molecule has 0 radical (unpaired) electrons. The fourth-order valence-corrected chi connectivity index (χ4v) is 3.58. The van der Waals surface area contributed by atoms with Crippen molar-refractivity contribution >= 4 is 28.7 Å². The fraction of sp³-hybridized carbons (Fsp3) is 0.529. The Morgan fingerprint density at radius 2 is 2.08 bits per heavy atom. The van der Waals surface area contributed by atoms with E-state index in [1.807, 2.05) is 0 Å². The molecule has 0 saturated carbocycles. The van der Waals surface area contributed by atoms with Crippen LogP contribution in [0.5, 0.6) is 0 Å². The van der Waals surface area contributed by atoms with Crippen molar-refractivity contribution in [1.29, 1.82) is 0 Å². The Morgan fingerprint density at radius 1 is 1.35 bits per heavy atom. The maximum absolute atomic E-state index is 12.8. The van der Waals surface area contributed by atoms with Crippen LogP contribution < -0.4 is 5.32 Å². The average molecular weight is 384 g/mol. The normalized spacial score (nSPS) is 16.9. The van der Waals surface area contributed by atoms with Gasteiger partial charge in [-0.2, -0.15) is 8.78 Å². The Bertz CT molecular complexity index is 749. The van der Waals surface area contributed by atoms with Crippen molar-refractivity contribution in [3.63, 3.8) is 0 Å². The van der Waals surface area contributed by atoms with Crippen LogP contribution in [0.4, 0.5) is 8.78 Å². The Hall–Kier alpha value is -1.71. The number of morpholine rings is 1. The molecule has 1 fully saturated rings. The summed E-state index contributed by atoms with van der Waals surface area (Å²) in [7, 11) is 0. The molecule has 142 valence electrons. The highest BCUT2D eigenvalue weighted by atomic mass is 32.2. The topological polar surface area (TPSA) is 59.4 Å². The molecule has 1 amide bonds. The van der Waals surface area contributed by atoms with Gasteiger partial charge in [-0.15, -0.1) is 0 Å². The van der Waals surface area contributed by atoms with E-state index in [-0.39, 0.29) is 23.7 Å². The predicted molar refractivity (Wildman–Crippen MR) is 96.5 cm³/mol. The summed E-state index contributed by atoms with van der Waals surface area (Å²) in [6.45, 7) is 5.61. The minimum absolute atomic E-state index is 0.0363. The largest absolute Gasteiger partial charge is 0.379 e. The van der Waals surface area contributed by atoms with Crippen LogP contribution in [0.15, 0.2) is 29.4 Å². The highest BCUT2D eigenvalue weighted by molar-refractivity contribution is 7.99. The Kier molecular flexibility index (Phi) is 6.44. The van der Waals surface area contributed by atoms with Gasteiger partial charge in [0.25, 0.3) is 5.76 Å². The van der Waals surface area contributed by atoms with Crippen LogP contribution >= 0.6 is 11.8 Å². The van der Waals surface area contributed by atoms with Crippen LogP contribution in [0.3, 0.4) is 0 Å². The lowest BCUT2D eigenvalue weighted by Gasteiger charge is -2.32. The SMILES string of the molecule is CC(CNC(=O)Cn1c(SC(F)F)nc2ccccc21)N1CCOCC1. The van der Waals surface area contributed by atoms with Crippen LogP contribution in [0, 0.1) is 0 Å². The van der Waals surface area contributed by atoms with E-state index < -0.39 is 5.76 Å². The third-order valence-electron chi connectivity index (χ3n) is 4.38. The van der Waals surface area contributed by atoms with E-state index in [1.165, 1.54) is 0 Å². The number of rotatable bonds is 7. The first-order valence-corrected chi connectivity index (χ1v) is 9.41. The first kappa shape index (κ1) is 19.1. The van der Waals surface area contributed by atoms with Gasteiger partial charge >= 0.3 is 0 Å². The zero-order valence-electron chi connectivity index (χ0n) is 14.5. The standard InChI is InChI=1S/C17H22F2N4O2S/c1-12(22-6-8-25-9-7-22)10-20-15(24)11-23-14-5-3-2-4-13(14)21-17(23)26-16(18)19/h2-5,12,16H,6-11H2,1H3,(H,20,24). The predicted octanol–water partition coefficient (Wildman–Crippen LogP) is 2.19. The maximum Gasteiger partial charge on any atom is 0.291 e. The molecule has 1 unspecified atom stereocenters. The molecule has 26 heavy (non-hydrogen) atoms. The number of benzene rings is 1. The molecule has 1 aliphatic rings. The molecule has 2 aromatic rings. The lowest BCUT2D eigenvalue weighted by Crippen LogP contribution is -2.47. The maximum atomic E-state index is 12.8. The summed E-state index contributed by atoms with van der Waals surface area (Å²) < 4.78 is 32.5. The summed E-state index contributed by atoms with van der Waals surface area (Å²) in [5.74, 6) is -2.81. The van der Waals surface area contributed by atoms with Gasteiger partial charge in [-0.05, 0) is 30.8 Å². The number of hydrogen-bond acceptors (Lipinski definition) is 5. The van der Waals surface area contributed by atoms with Crippen LogP contribution in [0.1, 0.15) is 6.92 Å². The van der Waals surface area contributed by atoms with E-state index in [0.717, 1.165) is 13.1 Å². The lowest BCUT2D eigenvalue weighted by atomic mass is 10.2. The number of nitrogens with zero attached hydrogens (tertiary/aromatic N) is 3. The Balaban J connectivity index is 1.64. The van der Waals surface area contributed by atoms with Crippen molar-refractivity contribution in [3.05, 3.63) is 24.3 Å². The van der Waals surface area contributed by atoms with Crippen LogP contribution in [-0.4, -0.2) is 65.0 Å². The summed E-state index contributed by atoms with van der Waals surface area (Å²) in [5, 5.41) is 3.05. The smallest absolute Gasteiger partial charge is 0.291 e. The van der Waals surface area contributed by atoms with Crippen molar-refractivity contribution in [2.75, 3.05) is 32.8 Å². The molecular formula is C17H22F2N4O2S. The minimum Gasteiger partial charge on any atom is -0.379 e. The summed E-state index contributed by atoms with van der Waals surface area (Å²) >= 11 is 0.356. The van der Waals surface area contributed by atoms with Gasteiger partial charge < -0.3 is 14.6 Å². The quantitative estimate of drug-likeness (QED) is 0.742. The molecule has 0 aliphatic carbocycles. The van der Waals surface area contributed by atoms with E-state index in [1.54, 1.807) is 28.8 Å². The molecular weight excluding hydrogens is 362 g/mol. The minimum atomic E-state index is -2.59. The van der Waals surface area contributed by atoms with E-state index >= 15 is 0 Å². The van der Waals surface area contributed by atoms with Crippen molar-refractivity contribution in [1.82, 2.24) is 19.8 Å². The Labute approximate surface area is 154 Å². The second kappa shape index (κ2) is 8.79. The van der Waals surface area contributed by atoms with Gasteiger partial charge in [0, 0.05) is 25.7 Å². The molecule has 9 heteroatoms. The van der Waals surface area contributed by atoms with Gasteiger partial charge in [0.2, 0.25) is 5.91 Å². The third-order valence-corrected chi connectivity index (χ3v) is 5.08. The molecule has 6 nitrogen and oxygen atoms in total. The van der Waals surface area contributed by atoms with E-state index in [2.05, 4.69) is 22.1 Å². The van der Waals surface area contributed by atoms with Gasteiger partial charge in [-0.3, -0.25) is 9.69 Å². The summed E-state index contributed by atoms with van der Waals surface area (Å²) in [4.78, 5) is 18.9. The second-order valence-corrected chi connectivity index (χ2v) is 7.11. The zero-order chi connectivity index (χ0) is 18.5. The number of carbonyl (C=O) groups is 1. The number of carbonyl (C=O) groups excluding carboxylic acids is 1. The van der Waals surface area contributed by atoms with Crippen molar-refractivity contribution in [2.24, 2.45) is 0 Å². The molecule has 3 rings (SSSR count). The van der Waals surface area contributed by atoms with Crippen molar-refractivity contribution < 1.29 is 18.3 Å². The average Bonchev–Trinajstić information content (AvgIpc) is 2.97. The van der Waals surface area contributed by atoms with Gasteiger partial charge in [0.05, 0.1) is 24.2 Å². The molecule has 1 aromatic heterocycles. The number of halogens is 2. The molecule has 1 aliphatic heterocycles. The number of aromatic nitrogens is 2. The number of imidazole rings is 1. The highest BCUT2D eigenvalue weighted by Crippen LogP contribution is 2.28. The van der Waals surface area contributed by atoms with Crippen molar-refractivity contribution in [2.45, 2.75) is 30.4 Å². The molecule has 1 aromatic carbocycles. The summed E-state index contributed by atoms with van der Waals surface area (Å²) in [6, 6.07) is 7.31. The molecule has 1 atom stereocenters. The fourth-order valence-electron chi connectivity index (χ4n) is 2.98. The number of amides is 1. The monoisotopic (exact) mass is 384 g/mol. The number of thioether (sulfide) groups is 1. The number of para-hydroxylation sites is 2. The van der Waals surface area contributed by atoms with Gasteiger partial charge in [-0.25, -0.2) is 4.98 Å². The first-order chi connectivity index (χ1) is 12.5. The number of nitrogens with one attached hydrogen (secondary N) is 1. The molecule has 2 heterocycles. The number of hydrogen-bond donors (Lipinski definition) is 1. The molecule has 1 saturated heterocycles. The van der Waals surface area contributed by atoms with Gasteiger partial charge in [-0.1, -0.05) is 12.1 Å². The molecule has 0 spiro atoms. The zero-order valence-corrected chi connectivity index (χ0v) is 15.3. The van der Waals surface area contributed by atoms with E-state index in [0.29, 0.717) is 42.6 Å². The van der Waals surface area contributed by atoms with Gasteiger partial charge in [0.1, 0.15) is 6.54 Å². The first-order valence-electron chi connectivity index (χ1n) is 8.53. The van der Waals surface area contributed by atoms with Crippen LogP contribution in [-0.2, 0) is 16.1 Å². The van der Waals surface area contributed by atoms with Crippen LogP contribution in [0.2, 0.25) is 0 Å². The number of fused-ring (bicyclic) bond motifs is 1.